The first kappa shape index (κ1) is 22.6. The summed E-state index contributed by atoms with van der Waals surface area (Å²) in [7, 11) is 5.58. The number of nitrogens with one attached hydrogen (secondary N) is 1. The van der Waals surface area contributed by atoms with Crippen LogP contribution in [0, 0.1) is 5.92 Å². The molecule has 2 aromatic carbocycles. The van der Waals surface area contributed by atoms with Gasteiger partial charge < -0.3 is 24.6 Å². The Labute approximate surface area is 183 Å². The number of likely N-dealkylation sites (N-methyl/N-ethyl adjacent to an activating group) is 1. The number of nitrogens with zero attached hydrogens (tertiary/aromatic N) is 2. The fourth-order valence-electron chi connectivity index (χ4n) is 3.93. The monoisotopic (exact) mass is 425 g/mol. The highest BCUT2D eigenvalue weighted by Crippen LogP contribution is 2.33. The Morgan fingerprint density at radius 3 is 2.52 bits per heavy atom. The molecule has 7 heteroatoms. The number of ether oxygens (including phenoxy) is 2. The fourth-order valence-corrected chi connectivity index (χ4v) is 3.93. The Kier molecular flexibility index (Phi) is 7.52. The van der Waals surface area contributed by atoms with E-state index in [4.69, 9.17) is 9.47 Å². The molecule has 2 atom stereocenters. The zero-order valence-electron chi connectivity index (χ0n) is 18.6. The molecule has 0 aliphatic carbocycles. The first-order valence-electron chi connectivity index (χ1n) is 10.6. The SMILES string of the molecule is CCOc1ccccc1N1CC(C(=O)NCC(c2ccccc2OC)N(C)C)CC1=O. The summed E-state index contributed by atoms with van der Waals surface area (Å²) >= 11 is 0. The molecule has 0 spiro atoms. The third-order valence-corrected chi connectivity index (χ3v) is 5.54. The average Bonchev–Trinajstić information content (AvgIpc) is 3.16. The maximum atomic E-state index is 12.9. The molecule has 1 heterocycles. The third-order valence-electron chi connectivity index (χ3n) is 5.54. The standard InChI is InChI=1S/C24H31N3O4/c1-5-31-22-13-9-7-11-19(22)27-16-17(14-23(27)28)24(29)25-15-20(26(2)3)18-10-6-8-12-21(18)30-4/h6-13,17,20H,5,14-16H2,1-4H3,(H,25,29). The molecule has 0 saturated carbocycles. The van der Waals surface area contributed by atoms with Crippen LogP contribution in [-0.4, -0.2) is 57.6 Å². The lowest BCUT2D eigenvalue weighted by molar-refractivity contribution is -0.126. The van der Waals surface area contributed by atoms with Crippen molar-refractivity contribution >= 4 is 17.5 Å². The topological polar surface area (TPSA) is 71.1 Å². The minimum absolute atomic E-state index is 0.0491. The van der Waals surface area contributed by atoms with E-state index >= 15 is 0 Å². The van der Waals surface area contributed by atoms with Crippen LogP contribution in [0.4, 0.5) is 5.69 Å². The van der Waals surface area contributed by atoms with Crippen LogP contribution in [0.2, 0.25) is 0 Å². The van der Waals surface area contributed by atoms with Crippen LogP contribution in [-0.2, 0) is 9.59 Å². The van der Waals surface area contributed by atoms with Gasteiger partial charge in [0, 0.05) is 25.1 Å². The van der Waals surface area contributed by atoms with Crippen LogP contribution >= 0.6 is 0 Å². The molecule has 3 rings (SSSR count). The van der Waals surface area contributed by atoms with Crippen molar-refractivity contribution in [1.29, 1.82) is 0 Å². The minimum atomic E-state index is -0.400. The second-order valence-corrected chi connectivity index (χ2v) is 7.77. The van der Waals surface area contributed by atoms with Gasteiger partial charge >= 0.3 is 0 Å². The Bertz CT molecular complexity index is 915. The van der Waals surface area contributed by atoms with E-state index in [1.807, 2.05) is 74.4 Å². The number of rotatable bonds is 9. The minimum Gasteiger partial charge on any atom is -0.496 e. The van der Waals surface area contributed by atoms with E-state index in [0.29, 0.717) is 31.1 Å². The van der Waals surface area contributed by atoms with Gasteiger partial charge in [0.15, 0.2) is 0 Å². The van der Waals surface area contributed by atoms with Crippen LogP contribution in [0.25, 0.3) is 0 Å². The molecule has 7 nitrogen and oxygen atoms in total. The molecule has 1 saturated heterocycles. The van der Waals surface area contributed by atoms with Crippen LogP contribution in [0.5, 0.6) is 11.5 Å². The number of methoxy groups -OCH3 is 1. The summed E-state index contributed by atoms with van der Waals surface area (Å²) in [5.41, 5.74) is 1.72. The van der Waals surface area contributed by atoms with E-state index in [0.717, 1.165) is 11.3 Å². The molecule has 1 aliphatic heterocycles. The van der Waals surface area contributed by atoms with E-state index < -0.39 is 5.92 Å². The summed E-state index contributed by atoms with van der Waals surface area (Å²) in [5.74, 6) is 0.851. The maximum Gasteiger partial charge on any atom is 0.227 e. The van der Waals surface area contributed by atoms with Gasteiger partial charge in [-0.05, 0) is 39.2 Å². The van der Waals surface area contributed by atoms with E-state index in [2.05, 4.69) is 5.32 Å². The second-order valence-electron chi connectivity index (χ2n) is 7.77. The van der Waals surface area contributed by atoms with Crippen molar-refractivity contribution in [3.8, 4) is 11.5 Å². The zero-order chi connectivity index (χ0) is 22.4. The Hall–Kier alpha value is -3.06. The van der Waals surface area contributed by atoms with Crippen molar-refractivity contribution in [1.82, 2.24) is 10.2 Å². The predicted molar refractivity (Wildman–Crippen MR) is 121 cm³/mol. The molecule has 1 aliphatic rings. The van der Waals surface area contributed by atoms with Gasteiger partial charge in [-0.2, -0.15) is 0 Å². The maximum absolute atomic E-state index is 12.9. The second kappa shape index (κ2) is 10.3. The normalized spacial score (nSPS) is 17.0. The number of amides is 2. The van der Waals surface area contributed by atoms with Crippen molar-refractivity contribution < 1.29 is 19.1 Å². The summed E-state index contributed by atoms with van der Waals surface area (Å²) in [6.45, 7) is 3.18. The molecule has 1 fully saturated rings. The Morgan fingerprint density at radius 1 is 1.16 bits per heavy atom. The summed E-state index contributed by atoms with van der Waals surface area (Å²) < 4.78 is 11.1. The molecule has 2 amide bonds. The average molecular weight is 426 g/mol. The zero-order valence-corrected chi connectivity index (χ0v) is 18.6. The smallest absolute Gasteiger partial charge is 0.227 e. The molecule has 31 heavy (non-hydrogen) atoms. The van der Waals surface area contributed by atoms with Crippen LogP contribution in [0.3, 0.4) is 0 Å². The quantitative estimate of drug-likeness (QED) is 0.669. The van der Waals surface area contributed by atoms with Gasteiger partial charge in [0.2, 0.25) is 11.8 Å². The predicted octanol–water partition coefficient (Wildman–Crippen LogP) is 2.87. The van der Waals surface area contributed by atoms with Crippen molar-refractivity contribution in [2.75, 3.05) is 45.8 Å². The summed E-state index contributed by atoms with van der Waals surface area (Å²) in [6.07, 6.45) is 0.188. The van der Waals surface area contributed by atoms with Crippen molar-refractivity contribution in [2.45, 2.75) is 19.4 Å². The lowest BCUT2D eigenvalue weighted by Crippen LogP contribution is -2.38. The molecule has 0 bridgehead atoms. The Morgan fingerprint density at radius 2 is 1.84 bits per heavy atom. The summed E-state index contributed by atoms with van der Waals surface area (Å²) in [5, 5.41) is 3.04. The van der Waals surface area contributed by atoms with Gasteiger partial charge in [-0.15, -0.1) is 0 Å². The molecular weight excluding hydrogens is 394 g/mol. The molecule has 2 aromatic rings. The van der Waals surface area contributed by atoms with E-state index in [9.17, 15) is 9.59 Å². The van der Waals surface area contributed by atoms with Crippen LogP contribution in [0.15, 0.2) is 48.5 Å². The first-order chi connectivity index (χ1) is 15.0. The molecular formula is C24H31N3O4. The van der Waals surface area contributed by atoms with Crippen LogP contribution in [0.1, 0.15) is 24.9 Å². The van der Waals surface area contributed by atoms with Crippen LogP contribution < -0.4 is 19.7 Å². The van der Waals surface area contributed by atoms with E-state index in [1.165, 1.54) is 0 Å². The van der Waals surface area contributed by atoms with Crippen molar-refractivity contribution in [3.63, 3.8) is 0 Å². The highest BCUT2D eigenvalue weighted by Gasteiger charge is 2.36. The Balaban J connectivity index is 1.68. The number of hydrogen-bond donors (Lipinski definition) is 1. The lowest BCUT2D eigenvalue weighted by atomic mass is 10.0. The van der Waals surface area contributed by atoms with E-state index in [-0.39, 0.29) is 24.3 Å². The van der Waals surface area contributed by atoms with Gasteiger partial charge in [-0.1, -0.05) is 30.3 Å². The van der Waals surface area contributed by atoms with Crippen molar-refractivity contribution in [2.24, 2.45) is 5.92 Å². The van der Waals surface area contributed by atoms with E-state index in [1.54, 1.807) is 12.0 Å². The van der Waals surface area contributed by atoms with Gasteiger partial charge in [-0.25, -0.2) is 0 Å². The number of hydrogen-bond acceptors (Lipinski definition) is 5. The third kappa shape index (κ3) is 5.17. The molecule has 0 aromatic heterocycles. The fraction of sp³-hybridized carbons (Fsp3) is 0.417. The highest BCUT2D eigenvalue weighted by molar-refractivity contribution is 6.01. The molecule has 166 valence electrons. The number of para-hydroxylation sites is 3. The molecule has 0 radical (unpaired) electrons. The largest absolute Gasteiger partial charge is 0.496 e. The number of benzene rings is 2. The van der Waals surface area contributed by atoms with Crippen molar-refractivity contribution in [3.05, 3.63) is 54.1 Å². The number of anilines is 1. The van der Waals surface area contributed by atoms with Gasteiger partial charge in [0.25, 0.3) is 0 Å². The first-order valence-corrected chi connectivity index (χ1v) is 10.6. The van der Waals surface area contributed by atoms with Gasteiger partial charge in [-0.3, -0.25) is 9.59 Å². The summed E-state index contributed by atoms with van der Waals surface area (Å²) in [6, 6.07) is 15.2. The lowest BCUT2D eigenvalue weighted by Gasteiger charge is -2.27. The molecule has 1 N–H and O–H groups in total. The highest BCUT2D eigenvalue weighted by atomic mass is 16.5. The van der Waals surface area contributed by atoms with Gasteiger partial charge in [0.1, 0.15) is 11.5 Å². The number of carbonyl (C=O) groups is 2. The molecule has 2 unspecified atom stereocenters. The summed E-state index contributed by atoms with van der Waals surface area (Å²) in [4.78, 5) is 29.3. The number of carbonyl (C=O) groups excluding carboxylic acids is 2. The van der Waals surface area contributed by atoms with Gasteiger partial charge in [0.05, 0.1) is 31.4 Å².